The van der Waals surface area contributed by atoms with Gasteiger partial charge in [-0.1, -0.05) is 6.92 Å². The summed E-state index contributed by atoms with van der Waals surface area (Å²) in [6, 6.07) is 4.65. The normalized spacial score (nSPS) is 10.4. The number of nitrogens with one attached hydrogen (secondary N) is 1. The summed E-state index contributed by atoms with van der Waals surface area (Å²) in [5.41, 5.74) is 1.20. The fourth-order valence-corrected chi connectivity index (χ4v) is 2.58. The number of hydrogen-bond donors (Lipinski definition) is 2. The molecule has 0 aliphatic rings. The highest BCUT2D eigenvalue weighted by molar-refractivity contribution is 7.10. The summed E-state index contributed by atoms with van der Waals surface area (Å²) in [5, 5.41) is 13.4. The van der Waals surface area contributed by atoms with Crippen LogP contribution in [-0.4, -0.2) is 17.0 Å². The molecule has 0 aromatic carbocycles. The standard InChI is InChI=1S/C13H13NO4S/c1-2-8-5-6-19-11(8)7-14-12(15)9-3-4-10(18-9)13(16)17/h3-6H,2,7H2,1H3,(H,14,15)(H,16,17). The van der Waals surface area contributed by atoms with E-state index in [1.165, 1.54) is 17.7 Å². The fraction of sp³-hybridized carbons (Fsp3) is 0.231. The number of aryl methyl sites for hydroxylation is 1. The molecule has 5 nitrogen and oxygen atoms in total. The van der Waals surface area contributed by atoms with Crippen LogP contribution in [0.5, 0.6) is 0 Å². The van der Waals surface area contributed by atoms with Crippen LogP contribution in [0.3, 0.4) is 0 Å². The largest absolute Gasteiger partial charge is 0.475 e. The van der Waals surface area contributed by atoms with E-state index in [9.17, 15) is 9.59 Å². The van der Waals surface area contributed by atoms with E-state index in [2.05, 4.69) is 12.2 Å². The Balaban J connectivity index is 1.99. The molecule has 100 valence electrons. The Labute approximate surface area is 113 Å². The fourth-order valence-electron chi connectivity index (χ4n) is 1.66. The lowest BCUT2D eigenvalue weighted by molar-refractivity contribution is 0.0659. The van der Waals surface area contributed by atoms with Crippen molar-refractivity contribution in [2.45, 2.75) is 19.9 Å². The summed E-state index contributed by atoms with van der Waals surface area (Å²) in [7, 11) is 0. The lowest BCUT2D eigenvalue weighted by Gasteiger charge is -2.03. The van der Waals surface area contributed by atoms with E-state index in [1.54, 1.807) is 11.3 Å². The molecule has 0 spiro atoms. The summed E-state index contributed by atoms with van der Waals surface area (Å²) in [6.07, 6.45) is 0.915. The average Bonchev–Trinajstić information content (AvgIpc) is 3.04. The molecule has 6 heteroatoms. The Morgan fingerprint density at radius 1 is 1.32 bits per heavy atom. The Morgan fingerprint density at radius 3 is 2.68 bits per heavy atom. The van der Waals surface area contributed by atoms with Gasteiger partial charge in [0, 0.05) is 4.88 Å². The highest BCUT2D eigenvalue weighted by Gasteiger charge is 2.15. The van der Waals surface area contributed by atoms with Gasteiger partial charge in [-0.2, -0.15) is 0 Å². The van der Waals surface area contributed by atoms with Crippen molar-refractivity contribution in [2.24, 2.45) is 0 Å². The van der Waals surface area contributed by atoms with Crippen LogP contribution >= 0.6 is 11.3 Å². The van der Waals surface area contributed by atoms with Crippen LogP contribution in [0.25, 0.3) is 0 Å². The number of carbonyl (C=O) groups is 2. The molecule has 0 atom stereocenters. The number of amides is 1. The van der Waals surface area contributed by atoms with E-state index in [-0.39, 0.29) is 11.5 Å². The second-order valence-electron chi connectivity index (χ2n) is 3.87. The molecule has 0 bridgehead atoms. The minimum Gasteiger partial charge on any atom is -0.475 e. The number of furan rings is 1. The van der Waals surface area contributed by atoms with E-state index >= 15 is 0 Å². The summed E-state index contributed by atoms with van der Waals surface area (Å²) in [4.78, 5) is 23.5. The van der Waals surface area contributed by atoms with E-state index in [1.807, 2.05) is 11.4 Å². The zero-order valence-electron chi connectivity index (χ0n) is 10.3. The van der Waals surface area contributed by atoms with Crippen LogP contribution in [0.4, 0.5) is 0 Å². The van der Waals surface area contributed by atoms with E-state index in [0.717, 1.165) is 11.3 Å². The van der Waals surface area contributed by atoms with Crippen LogP contribution in [-0.2, 0) is 13.0 Å². The SMILES string of the molecule is CCc1ccsc1CNC(=O)c1ccc(C(=O)O)o1. The molecule has 0 aliphatic heterocycles. The third kappa shape index (κ3) is 3.03. The molecule has 0 saturated carbocycles. The molecule has 0 saturated heterocycles. The van der Waals surface area contributed by atoms with Gasteiger partial charge in [0.1, 0.15) is 0 Å². The highest BCUT2D eigenvalue weighted by atomic mass is 32.1. The Morgan fingerprint density at radius 2 is 2.05 bits per heavy atom. The summed E-state index contributed by atoms with van der Waals surface area (Å²) < 4.78 is 4.93. The van der Waals surface area contributed by atoms with Gasteiger partial charge in [0.15, 0.2) is 5.76 Å². The first-order chi connectivity index (χ1) is 9.11. The molecule has 19 heavy (non-hydrogen) atoms. The third-order valence-corrected chi connectivity index (χ3v) is 3.63. The summed E-state index contributed by atoms with van der Waals surface area (Å²) >= 11 is 1.58. The molecule has 0 radical (unpaired) electrons. The van der Waals surface area contributed by atoms with Crippen LogP contribution in [0, 0.1) is 0 Å². The Bertz CT molecular complexity index is 599. The molecule has 0 unspecified atom stereocenters. The number of carboxylic acids is 1. The minimum atomic E-state index is -1.19. The van der Waals surface area contributed by atoms with Gasteiger partial charge in [0.25, 0.3) is 5.91 Å². The number of hydrogen-bond acceptors (Lipinski definition) is 4. The van der Waals surface area contributed by atoms with E-state index in [4.69, 9.17) is 9.52 Å². The smallest absolute Gasteiger partial charge is 0.371 e. The Kier molecular flexibility index (Phi) is 4.01. The highest BCUT2D eigenvalue weighted by Crippen LogP contribution is 2.17. The topological polar surface area (TPSA) is 79.5 Å². The second-order valence-corrected chi connectivity index (χ2v) is 4.87. The van der Waals surface area contributed by atoms with Gasteiger partial charge in [-0.3, -0.25) is 4.79 Å². The van der Waals surface area contributed by atoms with Crippen molar-refractivity contribution >= 4 is 23.2 Å². The maximum atomic E-state index is 11.8. The molecule has 2 aromatic heterocycles. The number of rotatable bonds is 5. The van der Waals surface area contributed by atoms with Gasteiger partial charge in [0.05, 0.1) is 6.54 Å². The predicted molar refractivity (Wildman–Crippen MR) is 70.5 cm³/mol. The van der Waals surface area contributed by atoms with Crippen LogP contribution in [0.2, 0.25) is 0 Å². The first-order valence-electron chi connectivity index (χ1n) is 5.78. The predicted octanol–water partition coefficient (Wildman–Crippen LogP) is 2.53. The van der Waals surface area contributed by atoms with Crippen molar-refractivity contribution in [3.05, 3.63) is 45.5 Å². The molecule has 2 N–H and O–H groups in total. The number of thiophene rings is 1. The molecule has 1 amide bonds. The first-order valence-corrected chi connectivity index (χ1v) is 6.66. The monoisotopic (exact) mass is 279 g/mol. The molecule has 0 fully saturated rings. The van der Waals surface area contributed by atoms with Gasteiger partial charge in [-0.05, 0) is 35.6 Å². The first kappa shape index (κ1) is 13.4. The van der Waals surface area contributed by atoms with Crippen LogP contribution in [0.1, 0.15) is 38.5 Å². The average molecular weight is 279 g/mol. The quantitative estimate of drug-likeness (QED) is 0.881. The number of carboxylic acid groups (broad SMARTS) is 1. The van der Waals surface area contributed by atoms with Crippen molar-refractivity contribution in [3.8, 4) is 0 Å². The van der Waals surface area contributed by atoms with Gasteiger partial charge >= 0.3 is 5.97 Å². The lowest BCUT2D eigenvalue weighted by Crippen LogP contribution is -2.22. The number of carbonyl (C=O) groups excluding carboxylic acids is 1. The van der Waals surface area contributed by atoms with Crippen LogP contribution in [0.15, 0.2) is 28.0 Å². The molecular weight excluding hydrogens is 266 g/mol. The van der Waals surface area contributed by atoms with Crippen molar-refractivity contribution in [2.75, 3.05) is 0 Å². The van der Waals surface area contributed by atoms with Crippen molar-refractivity contribution in [3.63, 3.8) is 0 Å². The van der Waals surface area contributed by atoms with Gasteiger partial charge in [-0.15, -0.1) is 11.3 Å². The lowest BCUT2D eigenvalue weighted by atomic mass is 10.2. The van der Waals surface area contributed by atoms with Gasteiger partial charge in [0.2, 0.25) is 5.76 Å². The third-order valence-electron chi connectivity index (χ3n) is 2.67. The molecular formula is C13H13NO4S. The van der Waals surface area contributed by atoms with Crippen molar-refractivity contribution in [1.82, 2.24) is 5.32 Å². The molecule has 2 rings (SSSR count). The zero-order chi connectivity index (χ0) is 13.8. The molecule has 0 aliphatic carbocycles. The van der Waals surface area contributed by atoms with E-state index in [0.29, 0.717) is 6.54 Å². The zero-order valence-corrected chi connectivity index (χ0v) is 11.1. The van der Waals surface area contributed by atoms with Crippen LogP contribution < -0.4 is 5.32 Å². The minimum absolute atomic E-state index is 0.00649. The summed E-state index contributed by atoms with van der Waals surface area (Å²) in [5.74, 6) is -1.84. The maximum Gasteiger partial charge on any atom is 0.371 e. The summed E-state index contributed by atoms with van der Waals surface area (Å²) in [6.45, 7) is 2.47. The van der Waals surface area contributed by atoms with Crippen molar-refractivity contribution < 1.29 is 19.1 Å². The molecule has 2 aromatic rings. The Hall–Kier alpha value is -2.08. The number of aromatic carboxylic acids is 1. The molecule has 2 heterocycles. The van der Waals surface area contributed by atoms with Crippen molar-refractivity contribution in [1.29, 1.82) is 0 Å². The van der Waals surface area contributed by atoms with Gasteiger partial charge < -0.3 is 14.8 Å². The van der Waals surface area contributed by atoms with Gasteiger partial charge in [-0.25, -0.2) is 4.79 Å². The second kappa shape index (κ2) is 5.71. The maximum absolute atomic E-state index is 11.8. The van der Waals surface area contributed by atoms with E-state index < -0.39 is 11.9 Å².